The predicted octanol–water partition coefficient (Wildman–Crippen LogP) is 0.567. The molecule has 1 heterocycles. The molecule has 0 bridgehead atoms. The van der Waals surface area contributed by atoms with E-state index in [0.717, 1.165) is 17.8 Å². The summed E-state index contributed by atoms with van der Waals surface area (Å²) >= 11 is 0. The molecule has 0 fully saturated rings. The smallest absolute Gasteiger partial charge is 0.326 e. The maximum atomic E-state index is 13.0. The Bertz CT molecular complexity index is 1610. The summed E-state index contributed by atoms with van der Waals surface area (Å²) in [4.78, 5) is 76.2. The standard InChI is InChI=1S/C34H39FN6O9/c35-28-14-11-23(18-38-28)31(44)39-19-29(42)41-27(34(48)49)17-22-9-12-24(13-10-22)50-20-30(43)40-26(16-21-6-2-1-3-7-21)32(45)37-15-5-4-8-25(36)33(46)47/h1-3,6-7,9-14,18,25-27H,4-5,8,15-17,19-20,36H2,(H,37,45)(H,39,44)(H,40,43)(H,41,42)(H,46,47)(H,48,49)/t25-,26-,27-/m0/s1. The maximum absolute atomic E-state index is 13.0. The molecular weight excluding hydrogens is 655 g/mol. The summed E-state index contributed by atoms with van der Waals surface area (Å²) < 4.78 is 18.5. The highest BCUT2D eigenvalue weighted by molar-refractivity contribution is 5.96. The van der Waals surface area contributed by atoms with Gasteiger partial charge in [-0.1, -0.05) is 42.5 Å². The number of carbonyl (C=O) groups is 6. The summed E-state index contributed by atoms with van der Waals surface area (Å²) in [5, 5.41) is 28.6. The van der Waals surface area contributed by atoms with Crippen LogP contribution in [0.5, 0.6) is 5.75 Å². The summed E-state index contributed by atoms with van der Waals surface area (Å²) in [6.07, 6.45) is 2.40. The lowest BCUT2D eigenvalue weighted by Gasteiger charge is -2.19. The molecule has 15 nitrogen and oxygen atoms in total. The number of amides is 4. The van der Waals surface area contributed by atoms with Gasteiger partial charge in [0.2, 0.25) is 17.8 Å². The van der Waals surface area contributed by atoms with Crippen LogP contribution in [0.3, 0.4) is 0 Å². The Morgan fingerprint density at radius 3 is 2.08 bits per heavy atom. The highest BCUT2D eigenvalue weighted by Crippen LogP contribution is 2.14. The predicted molar refractivity (Wildman–Crippen MR) is 176 cm³/mol. The molecule has 3 aromatic rings. The molecule has 8 N–H and O–H groups in total. The highest BCUT2D eigenvalue weighted by Gasteiger charge is 2.23. The van der Waals surface area contributed by atoms with Crippen LogP contribution >= 0.6 is 0 Å². The van der Waals surface area contributed by atoms with E-state index in [1.807, 2.05) is 30.3 Å². The molecule has 3 rings (SSSR count). The van der Waals surface area contributed by atoms with Gasteiger partial charge in [-0.25, -0.2) is 9.78 Å². The Morgan fingerprint density at radius 1 is 0.780 bits per heavy atom. The Morgan fingerprint density at radius 2 is 1.44 bits per heavy atom. The number of benzene rings is 2. The molecule has 0 saturated carbocycles. The molecule has 0 spiro atoms. The van der Waals surface area contributed by atoms with Crippen molar-refractivity contribution in [2.75, 3.05) is 19.7 Å². The van der Waals surface area contributed by atoms with Gasteiger partial charge in [0.05, 0.1) is 12.1 Å². The molecule has 0 unspecified atom stereocenters. The number of nitrogens with two attached hydrogens (primary N) is 1. The number of carbonyl (C=O) groups excluding carboxylic acids is 4. The van der Waals surface area contributed by atoms with Gasteiger partial charge in [-0.2, -0.15) is 4.39 Å². The average Bonchev–Trinajstić information content (AvgIpc) is 3.10. The Labute approximate surface area is 286 Å². The molecule has 0 aliphatic carbocycles. The second-order valence-electron chi connectivity index (χ2n) is 11.2. The fraction of sp³-hybridized carbons (Fsp3) is 0.324. The fourth-order valence-electron chi connectivity index (χ4n) is 4.57. The van der Waals surface area contributed by atoms with Crippen molar-refractivity contribution in [1.29, 1.82) is 0 Å². The van der Waals surface area contributed by atoms with Crippen LogP contribution in [0, 0.1) is 5.95 Å². The zero-order valence-electron chi connectivity index (χ0n) is 27.0. The van der Waals surface area contributed by atoms with Crippen molar-refractivity contribution in [3.05, 3.63) is 95.6 Å². The zero-order valence-corrected chi connectivity index (χ0v) is 27.0. The van der Waals surface area contributed by atoms with Gasteiger partial charge in [-0.15, -0.1) is 0 Å². The molecule has 2 aromatic carbocycles. The van der Waals surface area contributed by atoms with Crippen LogP contribution in [-0.2, 0) is 36.8 Å². The minimum Gasteiger partial charge on any atom is -0.484 e. The molecule has 50 heavy (non-hydrogen) atoms. The van der Waals surface area contributed by atoms with Crippen molar-refractivity contribution in [3.8, 4) is 5.75 Å². The molecule has 0 radical (unpaired) electrons. The van der Waals surface area contributed by atoms with Crippen molar-refractivity contribution in [2.45, 2.75) is 50.2 Å². The minimum atomic E-state index is -1.32. The first kappa shape index (κ1) is 38.5. The van der Waals surface area contributed by atoms with Crippen molar-refractivity contribution in [2.24, 2.45) is 5.73 Å². The highest BCUT2D eigenvalue weighted by atomic mass is 19.1. The number of unbranched alkanes of at least 4 members (excludes halogenated alkanes) is 1. The number of hydrogen-bond donors (Lipinski definition) is 7. The quantitative estimate of drug-likeness (QED) is 0.0637. The second kappa shape index (κ2) is 19.8. The van der Waals surface area contributed by atoms with Gasteiger partial charge in [-0.05, 0) is 54.7 Å². The number of carboxylic acids is 2. The minimum absolute atomic E-state index is 0.0239. The Balaban J connectivity index is 1.48. The number of aromatic nitrogens is 1. The number of halogens is 1. The van der Waals surface area contributed by atoms with Crippen LogP contribution in [-0.4, -0.2) is 88.6 Å². The summed E-state index contributed by atoms with van der Waals surface area (Å²) in [6.45, 7) is -0.668. The van der Waals surface area contributed by atoms with Crippen LogP contribution < -0.4 is 31.7 Å². The SMILES string of the molecule is N[C@@H](CCCCNC(=O)[C@H](Cc1ccccc1)NC(=O)COc1ccc(C[C@H](NC(=O)CNC(=O)c2ccc(F)nc2)C(=O)O)cc1)C(=O)O. The lowest BCUT2D eigenvalue weighted by Crippen LogP contribution is -2.49. The van der Waals surface area contributed by atoms with Crippen LogP contribution in [0.2, 0.25) is 0 Å². The number of hydrogen-bond acceptors (Lipinski definition) is 9. The van der Waals surface area contributed by atoms with E-state index in [2.05, 4.69) is 26.3 Å². The van der Waals surface area contributed by atoms with E-state index in [0.29, 0.717) is 24.2 Å². The number of pyridine rings is 1. The largest absolute Gasteiger partial charge is 0.484 e. The van der Waals surface area contributed by atoms with Gasteiger partial charge < -0.3 is 42.0 Å². The van der Waals surface area contributed by atoms with Crippen molar-refractivity contribution in [3.63, 3.8) is 0 Å². The third-order valence-corrected chi connectivity index (χ3v) is 7.26. The Hall–Kier alpha value is -5.90. The molecule has 3 atom stereocenters. The summed E-state index contributed by atoms with van der Waals surface area (Å²) in [7, 11) is 0. The molecule has 16 heteroatoms. The fourth-order valence-corrected chi connectivity index (χ4v) is 4.57. The van der Waals surface area contributed by atoms with Crippen molar-refractivity contribution in [1.82, 2.24) is 26.3 Å². The van der Waals surface area contributed by atoms with E-state index in [9.17, 15) is 38.3 Å². The number of carboxylic acid groups (broad SMARTS) is 2. The van der Waals surface area contributed by atoms with Gasteiger partial charge in [0.15, 0.2) is 6.61 Å². The van der Waals surface area contributed by atoms with E-state index in [4.69, 9.17) is 15.6 Å². The average molecular weight is 695 g/mol. The first-order valence-corrected chi connectivity index (χ1v) is 15.6. The molecule has 0 aliphatic heterocycles. The Kier molecular flexibility index (Phi) is 15.3. The summed E-state index contributed by atoms with van der Waals surface area (Å²) in [6, 6.07) is 14.2. The van der Waals surface area contributed by atoms with Gasteiger partial charge in [0.25, 0.3) is 11.8 Å². The molecule has 1 aromatic heterocycles. The topological polar surface area (TPSA) is 239 Å². The monoisotopic (exact) mass is 694 g/mol. The number of nitrogens with one attached hydrogen (secondary N) is 4. The third-order valence-electron chi connectivity index (χ3n) is 7.26. The van der Waals surface area contributed by atoms with Gasteiger partial charge in [-0.3, -0.25) is 24.0 Å². The van der Waals surface area contributed by atoms with Gasteiger partial charge in [0.1, 0.15) is 23.9 Å². The van der Waals surface area contributed by atoms with Crippen molar-refractivity contribution >= 4 is 35.6 Å². The van der Waals surface area contributed by atoms with Gasteiger partial charge >= 0.3 is 11.9 Å². The molecule has 266 valence electrons. The number of nitrogens with zero attached hydrogens (tertiary/aromatic N) is 1. The first-order chi connectivity index (χ1) is 23.9. The van der Waals surface area contributed by atoms with E-state index in [1.165, 1.54) is 18.2 Å². The second-order valence-corrected chi connectivity index (χ2v) is 11.2. The van der Waals surface area contributed by atoms with Crippen LogP contribution in [0.4, 0.5) is 4.39 Å². The van der Waals surface area contributed by atoms with Crippen molar-refractivity contribution < 1.29 is 48.1 Å². The van der Waals surface area contributed by atoms with Crippen LogP contribution in [0.25, 0.3) is 0 Å². The van der Waals surface area contributed by atoms with Gasteiger partial charge in [0, 0.05) is 25.6 Å². The molecular formula is C34H39FN6O9. The first-order valence-electron chi connectivity index (χ1n) is 15.6. The van der Waals surface area contributed by atoms with E-state index in [1.54, 1.807) is 12.1 Å². The third kappa shape index (κ3) is 13.7. The van der Waals surface area contributed by atoms with Crippen LogP contribution in [0.15, 0.2) is 72.9 Å². The number of rotatable bonds is 20. The summed E-state index contributed by atoms with van der Waals surface area (Å²) in [5.74, 6) is -5.29. The number of ether oxygens (including phenoxy) is 1. The summed E-state index contributed by atoms with van der Waals surface area (Å²) in [5.41, 5.74) is 6.88. The maximum Gasteiger partial charge on any atom is 0.326 e. The number of aliphatic carboxylic acids is 2. The van der Waals surface area contributed by atoms with E-state index >= 15 is 0 Å². The molecule has 4 amide bonds. The van der Waals surface area contributed by atoms with E-state index < -0.39 is 72.8 Å². The molecule has 0 aliphatic rings. The lowest BCUT2D eigenvalue weighted by molar-refractivity contribution is -0.141. The van der Waals surface area contributed by atoms with E-state index in [-0.39, 0.29) is 31.4 Å². The van der Waals surface area contributed by atoms with Crippen LogP contribution in [0.1, 0.15) is 40.7 Å². The lowest BCUT2D eigenvalue weighted by atomic mass is 10.0. The molecule has 0 saturated heterocycles. The zero-order chi connectivity index (χ0) is 36.5. The normalized spacial score (nSPS) is 12.4.